The van der Waals surface area contributed by atoms with Crippen molar-refractivity contribution in [2.24, 2.45) is 5.92 Å². The van der Waals surface area contributed by atoms with Crippen molar-refractivity contribution in [1.29, 1.82) is 0 Å². The first-order valence-corrected chi connectivity index (χ1v) is 10.3. The van der Waals surface area contributed by atoms with Crippen LogP contribution in [-0.2, 0) is 16.0 Å². The standard InChI is InChI=1S/C24H30N2O3/c1-16(2)12-13-26-21-10-9-20(14-19(21)8-11-24(26)28)25-23(27)15-29-22-7-5-6-17(3)18(22)4/h5-7,9-10,14,16H,8,11-13,15H2,1-4H3,(H,25,27). The minimum absolute atomic E-state index is 0.0413. The summed E-state index contributed by atoms with van der Waals surface area (Å²) in [6.07, 6.45) is 2.19. The van der Waals surface area contributed by atoms with E-state index >= 15 is 0 Å². The maximum atomic E-state index is 12.3. The average Bonchev–Trinajstić information content (AvgIpc) is 2.68. The van der Waals surface area contributed by atoms with Crippen LogP contribution in [0, 0.1) is 19.8 Å². The predicted octanol–water partition coefficient (Wildman–Crippen LogP) is 4.65. The number of anilines is 2. The van der Waals surface area contributed by atoms with Crippen LogP contribution < -0.4 is 15.0 Å². The van der Waals surface area contributed by atoms with E-state index in [1.54, 1.807) is 0 Å². The number of hydrogen-bond donors (Lipinski definition) is 1. The van der Waals surface area contributed by atoms with Crippen molar-refractivity contribution in [2.75, 3.05) is 23.4 Å². The minimum Gasteiger partial charge on any atom is -0.483 e. The van der Waals surface area contributed by atoms with Crippen molar-refractivity contribution < 1.29 is 14.3 Å². The first-order valence-electron chi connectivity index (χ1n) is 10.3. The van der Waals surface area contributed by atoms with E-state index in [4.69, 9.17) is 4.74 Å². The molecule has 0 atom stereocenters. The van der Waals surface area contributed by atoms with E-state index < -0.39 is 0 Å². The van der Waals surface area contributed by atoms with Gasteiger partial charge in [-0.25, -0.2) is 0 Å². The van der Waals surface area contributed by atoms with Crippen LogP contribution in [0.25, 0.3) is 0 Å². The van der Waals surface area contributed by atoms with E-state index in [1.165, 1.54) is 0 Å². The highest BCUT2D eigenvalue weighted by atomic mass is 16.5. The number of hydrogen-bond acceptors (Lipinski definition) is 3. The lowest BCUT2D eigenvalue weighted by atomic mass is 9.99. The number of nitrogens with one attached hydrogen (secondary N) is 1. The summed E-state index contributed by atoms with van der Waals surface area (Å²) in [6, 6.07) is 11.6. The fraction of sp³-hybridized carbons (Fsp3) is 0.417. The van der Waals surface area contributed by atoms with Gasteiger partial charge in [0, 0.05) is 24.3 Å². The lowest BCUT2D eigenvalue weighted by Gasteiger charge is -2.30. The minimum atomic E-state index is -0.200. The van der Waals surface area contributed by atoms with Gasteiger partial charge < -0.3 is 15.0 Å². The molecule has 0 spiro atoms. The third-order valence-corrected chi connectivity index (χ3v) is 5.41. The maximum Gasteiger partial charge on any atom is 0.262 e. The number of carbonyl (C=O) groups excluding carboxylic acids is 2. The summed E-state index contributed by atoms with van der Waals surface area (Å²) < 4.78 is 5.68. The topological polar surface area (TPSA) is 58.6 Å². The molecule has 0 fully saturated rings. The molecule has 1 aliphatic heterocycles. The quantitative estimate of drug-likeness (QED) is 0.744. The maximum absolute atomic E-state index is 12.3. The van der Waals surface area contributed by atoms with Crippen LogP contribution in [0.15, 0.2) is 36.4 Å². The lowest BCUT2D eigenvalue weighted by molar-refractivity contribution is -0.119. The molecule has 1 heterocycles. The molecule has 0 aromatic heterocycles. The summed E-state index contributed by atoms with van der Waals surface area (Å²) >= 11 is 0. The molecule has 2 aromatic carbocycles. The van der Waals surface area contributed by atoms with Gasteiger partial charge in [0.15, 0.2) is 6.61 Å². The summed E-state index contributed by atoms with van der Waals surface area (Å²) in [5.74, 6) is 1.25. The number of ether oxygens (including phenoxy) is 1. The number of amides is 2. The zero-order valence-electron chi connectivity index (χ0n) is 17.7. The molecule has 1 aliphatic rings. The second kappa shape index (κ2) is 9.12. The monoisotopic (exact) mass is 394 g/mol. The van der Waals surface area contributed by atoms with Crippen LogP contribution in [0.4, 0.5) is 11.4 Å². The van der Waals surface area contributed by atoms with Crippen LogP contribution in [-0.4, -0.2) is 25.0 Å². The van der Waals surface area contributed by atoms with Crippen LogP contribution >= 0.6 is 0 Å². The molecular weight excluding hydrogens is 364 g/mol. The predicted molar refractivity (Wildman–Crippen MR) is 117 cm³/mol. The summed E-state index contributed by atoms with van der Waals surface area (Å²) in [4.78, 5) is 26.6. The first-order chi connectivity index (χ1) is 13.8. The number of carbonyl (C=O) groups is 2. The molecule has 0 radical (unpaired) electrons. The van der Waals surface area contributed by atoms with Gasteiger partial charge in [-0.15, -0.1) is 0 Å². The van der Waals surface area contributed by atoms with Gasteiger partial charge in [0.05, 0.1) is 0 Å². The third kappa shape index (κ3) is 5.17. The highest BCUT2D eigenvalue weighted by Crippen LogP contribution is 2.31. The Kier molecular flexibility index (Phi) is 6.57. The molecule has 0 aliphatic carbocycles. The van der Waals surface area contributed by atoms with E-state index in [0.717, 1.165) is 46.8 Å². The van der Waals surface area contributed by atoms with E-state index in [0.29, 0.717) is 18.8 Å². The van der Waals surface area contributed by atoms with Gasteiger partial charge >= 0.3 is 0 Å². The Balaban J connectivity index is 1.64. The molecule has 0 bridgehead atoms. The van der Waals surface area contributed by atoms with Crippen molar-refractivity contribution in [1.82, 2.24) is 0 Å². The molecule has 29 heavy (non-hydrogen) atoms. The molecule has 3 rings (SSSR count). The average molecular weight is 395 g/mol. The summed E-state index contributed by atoms with van der Waals surface area (Å²) in [5.41, 5.74) is 4.97. The highest BCUT2D eigenvalue weighted by Gasteiger charge is 2.24. The number of benzene rings is 2. The normalized spacial score (nSPS) is 13.4. The molecule has 1 N–H and O–H groups in total. The van der Waals surface area contributed by atoms with Gasteiger partial charge in [0.1, 0.15) is 5.75 Å². The molecule has 5 heteroatoms. The fourth-order valence-electron chi connectivity index (χ4n) is 3.49. The van der Waals surface area contributed by atoms with Crippen molar-refractivity contribution in [2.45, 2.75) is 47.0 Å². The SMILES string of the molecule is Cc1cccc(OCC(=O)Nc2ccc3c(c2)CCC(=O)N3CCC(C)C)c1C. The Bertz CT molecular complexity index is 905. The van der Waals surface area contributed by atoms with Crippen molar-refractivity contribution in [3.05, 3.63) is 53.1 Å². The highest BCUT2D eigenvalue weighted by molar-refractivity contribution is 5.97. The van der Waals surface area contributed by atoms with Gasteiger partial charge in [0.25, 0.3) is 5.91 Å². The molecule has 0 saturated carbocycles. The van der Waals surface area contributed by atoms with E-state index in [-0.39, 0.29) is 18.4 Å². The zero-order chi connectivity index (χ0) is 21.0. The molecule has 2 amide bonds. The number of nitrogens with zero attached hydrogens (tertiary/aromatic N) is 1. The first kappa shape index (κ1) is 20.9. The van der Waals surface area contributed by atoms with Crippen LogP contribution in [0.2, 0.25) is 0 Å². The molecule has 0 unspecified atom stereocenters. The van der Waals surface area contributed by atoms with E-state index in [2.05, 4.69) is 19.2 Å². The Hall–Kier alpha value is -2.82. The molecule has 0 saturated heterocycles. The van der Waals surface area contributed by atoms with Crippen LogP contribution in [0.3, 0.4) is 0 Å². The van der Waals surface area contributed by atoms with Gasteiger partial charge in [-0.05, 0) is 73.6 Å². The van der Waals surface area contributed by atoms with Gasteiger partial charge in [-0.1, -0.05) is 26.0 Å². The Morgan fingerprint density at radius 3 is 2.72 bits per heavy atom. The molecule has 2 aromatic rings. The molecule has 154 valence electrons. The largest absolute Gasteiger partial charge is 0.483 e. The number of aryl methyl sites for hydroxylation is 2. The van der Waals surface area contributed by atoms with Crippen LogP contribution in [0.5, 0.6) is 5.75 Å². The van der Waals surface area contributed by atoms with Crippen LogP contribution in [0.1, 0.15) is 43.4 Å². The van der Waals surface area contributed by atoms with Crippen molar-refractivity contribution >= 4 is 23.2 Å². The van der Waals surface area contributed by atoms with Crippen molar-refractivity contribution in [3.8, 4) is 5.75 Å². The summed E-state index contributed by atoms with van der Waals surface area (Å²) in [6.45, 7) is 9.02. The zero-order valence-corrected chi connectivity index (χ0v) is 17.7. The smallest absolute Gasteiger partial charge is 0.262 e. The third-order valence-electron chi connectivity index (χ3n) is 5.41. The summed E-state index contributed by atoms with van der Waals surface area (Å²) in [5, 5.41) is 2.91. The van der Waals surface area contributed by atoms with Gasteiger partial charge in [0.2, 0.25) is 5.91 Å². The Morgan fingerprint density at radius 2 is 1.97 bits per heavy atom. The summed E-state index contributed by atoms with van der Waals surface area (Å²) in [7, 11) is 0. The van der Waals surface area contributed by atoms with E-state index in [1.807, 2.05) is 55.1 Å². The lowest BCUT2D eigenvalue weighted by Crippen LogP contribution is -2.36. The Labute approximate surface area is 173 Å². The van der Waals surface area contributed by atoms with Gasteiger partial charge in [-0.2, -0.15) is 0 Å². The Morgan fingerprint density at radius 1 is 1.17 bits per heavy atom. The molecular formula is C24H30N2O3. The van der Waals surface area contributed by atoms with Gasteiger partial charge in [-0.3, -0.25) is 9.59 Å². The molecule has 5 nitrogen and oxygen atoms in total. The van der Waals surface area contributed by atoms with Crippen molar-refractivity contribution in [3.63, 3.8) is 0 Å². The van der Waals surface area contributed by atoms with E-state index in [9.17, 15) is 9.59 Å². The number of rotatable bonds is 7. The number of fused-ring (bicyclic) bond motifs is 1. The fourth-order valence-corrected chi connectivity index (χ4v) is 3.49. The second-order valence-electron chi connectivity index (χ2n) is 8.11. The second-order valence-corrected chi connectivity index (χ2v) is 8.11.